The van der Waals surface area contributed by atoms with E-state index in [1.54, 1.807) is 18.2 Å². The summed E-state index contributed by atoms with van der Waals surface area (Å²) in [5.41, 5.74) is 0.298. The lowest BCUT2D eigenvalue weighted by atomic mass is 10.2. The molecule has 1 aromatic carbocycles. The Morgan fingerprint density at radius 2 is 2.24 bits per heavy atom. The van der Waals surface area contributed by atoms with E-state index in [0.29, 0.717) is 30.4 Å². The molecule has 0 saturated heterocycles. The van der Waals surface area contributed by atoms with Crippen molar-refractivity contribution in [3.63, 3.8) is 0 Å². The molecule has 0 bridgehead atoms. The molecule has 0 aliphatic carbocycles. The number of para-hydroxylation sites is 1. The van der Waals surface area contributed by atoms with Crippen molar-refractivity contribution in [2.75, 3.05) is 7.11 Å². The first kappa shape index (κ1) is 13.2. The summed E-state index contributed by atoms with van der Waals surface area (Å²) in [6.45, 7) is 3.64. The molecule has 0 fully saturated rings. The van der Waals surface area contributed by atoms with Crippen molar-refractivity contribution in [2.45, 2.75) is 19.3 Å². The summed E-state index contributed by atoms with van der Waals surface area (Å²) >= 11 is 0. The second kappa shape index (κ2) is 6.68. The molecule has 0 aliphatic heterocycles. The van der Waals surface area contributed by atoms with Gasteiger partial charge in [-0.05, 0) is 18.6 Å². The van der Waals surface area contributed by atoms with Gasteiger partial charge in [0.25, 0.3) is 0 Å². The minimum atomic E-state index is -0.388. The van der Waals surface area contributed by atoms with Gasteiger partial charge in [-0.3, -0.25) is 9.59 Å². The highest BCUT2D eigenvalue weighted by atomic mass is 16.6. The van der Waals surface area contributed by atoms with Gasteiger partial charge in [-0.2, -0.15) is 0 Å². The number of methoxy groups -OCH3 is 1. The topological polar surface area (TPSA) is 52.6 Å². The highest BCUT2D eigenvalue weighted by molar-refractivity contribution is 5.84. The minimum Gasteiger partial charge on any atom is -0.493 e. The van der Waals surface area contributed by atoms with E-state index < -0.39 is 0 Å². The molecule has 1 radical (unpaired) electrons. The number of hydrogen-bond donors (Lipinski definition) is 0. The fourth-order valence-electron chi connectivity index (χ4n) is 1.33. The third-order valence-corrected chi connectivity index (χ3v) is 2.20. The lowest BCUT2D eigenvalue weighted by molar-refractivity contribution is -0.134. The van der Waals surface area contributed by atoms with Gasteiger partial charge in [0.05, 0.1) is 12.7 Å². The first-order valence-corrected chi connectivity index (χ1v) is 5.35. The van der Waals surface area contributed by atoms with Crippen LogP contribution in [0, 0.1) is 6.92 Å². The van der Waals surface area contributed by atoms with Crippen molar-refractivity contribution in [2.24, 2.45) is 0 Å². The van der Waals surface area contributed by atoms with E-state index in [0.717, 1.165) is 0 Å². The van der Waals surface area contributed by atoms with Gasteiger partial charge in [0.2, 0.25) is 0 Å². The standard InChI is InChI=1S/C13H15O4/c1-3-4-8-12(15)17-13-10(9-14)6-5-7-11(13)16-2/h5-7,9H,1,3-4,8H2,2H3. The number of hydrogen-bond acceptors (Lipinski definition) is 4. The third kappa shape index (κ3) is 3.59. The summed E-state index contributed by atoms with van der Waals surface area (Å²) in [5, 5.41) is 0. The lowest BCUT2D eigenvalue weighted by Gasteiger charge is -2.10. The molecule has 0 N–H and O–H groups in total. The SMILES string of the molecule is [CH2]CCCC(=O)Oc1c(C=O)cccc1OC. The summed E-state index contributed by atoms with van der Waals surface area (Å²) in [7, 11) is 1.46. The van der Waals surface area contributed by atoms with Gasteiger partial charge in [-0.1, -0.05) is 19.4 Å². The number of ether oxygens (including phenoxy) is 2. The summed E-state index contributed by atoms with van der Waals surface area (Å²) in [5.74, 6) is 0.165. The van der Waals surface area contributed by atoms with Crippen molar-refractivity contribution in [3.8, 4) is 11.5 Å². The van der Waals surface area contributed by atoms with E-state index in [4.69, 9.17) is 9.47 Å². The number of carbonyl (C=O) groups excluding carboxylic acids is 2. The summed E-state index contributed by atoms with van der Waals surface area (Å²) in [6.07, 6.45) is 2.23. The molecule has 0 heterocycles. The van der Waals surface area contributed by atoms with Crippen LogP contribution in [0.5, 0.6) is 11.5 Å². The normalized spacial score (nSPS) is 9.76. The Labute approximate surface area is 101 Å². The molecule has 91 valence electrons. The molecule has 0 atom stereocenters. The first-order chi connectivity index (χ1) is 8.22. The Balaban J connectivity index is 2.87. The Morgan fingerprint density at radius 3 is 2.82 bits per heavy atom. The maximum Gasteiger partial charge on any atom is 0.311 e. The van der Waals surface area contributed by atoms with Crippen LogP contribution in [0.15, 0.2) is 18.2 Å². The highest BCUT2D eigenvalue weighted by Gasteiger charge is 2.13. The van der Waals surface area contributed by atoms with Gasteiger partial charge in [0, 0.05) is 6.42 Å². The van der Waals surface area contributed by atoms with E-state index in [2.05, 4.69) is 6.92 Å². The number of aldehydes is 1. The van der Waals surface area contributed by atoms with Gasteiger partial charge in [-0.25, -0.2) is 0 Å². The van der Waals surface area contributed by atoms with Crippen molar-refractivity contribution in [3.05, 3.63) is 30.7 Å². The Morgan fingerprint density at radius 1 is 1.47 bits per heavy atom. The number of unbranched alkanes of at least 4 members (excludes halogenated alkanes) is 1. The second-order valence-corrected chi connectivity index (χ2v) is 3.43. The van der Waals surface area contributed by atoms with Crippen LogP contribution in [-0.4, -0.2) is 19.4 Å². The molecule has 0 spiro atoms. The molecular weight excluding hydrogens is 220 g/mol. The molecule has 0 unspecified atom stereocenters. The Bertz CT molecular complexity index is 398. The molecule has 0 saturated carbocycles. The van der Waals surface area contributed by atoms with Crippen LogP contribution >= 0.6 is 0 Å². The van der Waals surface area contributed by atoms with Gasteiger partial charge in [0.1, 0.15) is 0 Å². The zero-order valence-electron chi connectivity index (χ0n) is 9.77. The van der Waals surface area contributed by atoms with E-state index >= 15 is 0 Å². The van der Waals surface area contributed by atoms with Crippen LogP contribution < -0.4 is 9.47 Å². The quantitative estimate of drug-likeness (QED) is 0.431. The maximum absolute atomic E-state index is 11.5. The monoisotopic (exact) mass is 235 g/mol. The smallest absolute Gasteiger partial charge is 0.311 e. The molecule has 1 rings (SSSR count). The predicted octanol–water partition coefficient (Wildman–Crippen LogP) is 2.42. The van der Waals surface area contributed by atoms with Gasteiger partial charge in [0.15, 0.2) is 17.8 Å². The fourth-order valence-corrected chi connectivity index (χ4v) is 1.33. The van der Waals surface area contributed by atoms with E-state index in [1.807, 2.05) is 0 Å². The van der Waals surface area contributed by atoms with Gasteiger partial charge >= 0.3 is 5.97 Å². The van der Waals surface area contributed by atoms with E-state index in [1.165, 1.54) is 7.11 Å². The summed E-state index contributed by atoms with van der Waals surface area (Å²) in [4.78, 5) is 22.3. The predicted molar refractivity (Wildman–Crippen MR) is 63.2 cm³/mol. The second-order valence-electron chi connectivity index (χ2n) is 3.43. The minimum absolute atomic E-state index is 0.180. The zero-order valence-corrected chi connectivity index (χ0v) is 9.77. The van der Waals surface area contributed by atoms with E-state index in [9.17, 15) is 9.59 Å². The van der Waals surface area contributed by atoms with Crippen LogP contribution in [0.25, 0.3) is 0 Å². The fraction of sp³-hybridized carbons (Fsp3) is 0.308. The third-order valence-electron chi connectivity index (χ3n) is 2.20. The van der Waals surface area contributed by atoms with Gasteiger partial charge < -0.3 is 9.47 Å². The van der Waals surface area contributed by atoms with E-state index in [-0.39, 0.29) is 18.1 Å². The molecule has 4 nitrogen and oxygen atoms in total. The summed E-state index contributed by atoms with van der Waals surface area (Å²) in [6, 6.07) is 4.87. The van der Waals surface area contributed by atoms with Crippen LogP contribution in [0.4, 0.5) is 0 Å². The van der Waals surface area contributed by atoms with Crippen LogP contribution in [-0.2, 0) is 4.79 Å². The van der Waals surface area contributed by atoms with Gasteiger partial charge in [-0.15, -0.1) is 0 Å². The molecule has 0 aromatic heterocycles. The van der Waals surface area contributed by atoms with Crippen molar-refractivity contribution < 1.29 is 19.1 Å². The zero-order chi connectivity index (χ0) is 12.7. The molecule has 0 amide bonds. The van der Waals surface area contributed by atoms with Crippen molar-refractivity contribution in [1.29, 1.82) is 0 Å². The number of esters is 1. The number of carbonyl (C=O) groups is 2. The molecule has 17 heavy (non-hydrogen) atoms. The highest BCUT2D eigenvalue weighted by Crippen LogP contribution is 2.30. The first-order valence-electron chi connectivity index (χ1n) is 5.35. The maximum atomic E-state index is 11.5. The lowest BCUT2D eigenvalue weighted by Crippen LogP contribution is -2.09. The molecule has 1 aromatic rings. The Hall–Kier alpha value is -1.84. The number of rotatable bonds is 6. The molecular formula is C13H15O4. The van der Waals surface area contributed by atoms with Crippen LogP contribution in [0.2, 0.25) is 0 Å². The van der Waals surface area contributed by atoms with Crippen LogP contribution in [0.3, 0.4) is 0 Å². The Kier molecular flexibility index (Phi) is 5.20. The average molecular weight is 235 g/mol. The van der Waals surface area contributed by atoms with Crippen LogP contribution in [0.1, 0.15) is 29.6 Å². The van der Waals surface area contributed by atoms with Crippen molar-refractivity contribution in [1.82, 2.24) is 0 Å². The molecule has 0 aliphatic rings. The average Bonchev–Trinajstić information content (AvgIpc) is 2.36. The molecule has 4 heteroatoms. The summed E-state index contributed by atoms with van der Waals surface area (Å²) < 4.78 is 10.2. The largest absolute Gasteiger partial charge is 0.493 e. The number of benzene rings is 1. The van der Waals surface area contributed by atoms with Crippen molar-refractivity contribution >= 4 is 12.3 Å².